The van der Waals surface area contributed by atoms with E-state index in [0.29, 0.717) is 42.5 Å². The van der Waals surface area contributed by atoms with E-state index in [0.717, 1.165) is 17.7 Å². The molecule has 29 heavy (non-hydrogen) atoms. The van der Waals surface area contributed by atoms with Crippen LogP contribution in [0.4, 0.5) is 11.4 Å². The van der Waals surface area contributed by atoms with Crippen LogP contribution in [0.5, 0.6) is 11.5 Å². The van der Waals surface area contributed by atoms with Crippen molar-refractivity contribution in [3.8, 4) is 11.5 Å². The normalized spacial score (nSPS) is 14.3. The number of rotatable bonds is 5. The zero-order chi connectivity index (χ0) is 20.4. The van der Waals surface area contributed by atoms with Crippen molar-refractivity contribution in [2.24, 2.45) is 0 Å². The van der Waals surface area contributed by atoms with E-state index in [1.807, 2.05) is 12.1 Å². The van der Waals surface area contributed by atoms with Gasteiger partial charge < -0.3 is 19.7 Å². The Morgan fingerprint density at radius 3 is 2.59 bits per heavy atom. The third-order valence-electron chi connectivity index (χ3n) is 5.08. The van der Waals surface area contributed by atoms with E-state index in [1.165, 1.54) is 0 Å². The molecule has 0 saturated heterocycles. The number of nitrogens with one attached hydrogen (secondary N) is 1. The topological polar surface area (TPSA) is 84.9 Å². The van der Waals surface area contributed by atoms with Crippen LogP contribution in [-0.4, -0.2) is 37.4 Å². The second-order valence-corrected chi connectivity index (χ2v) is 7.09. The van der Waals surface area contributed by atoms with Crippen molar-refractivity contribution in [1.82, 2.24) is 0 Å². The van der Waals surface area contributed by atoms with E-state index < -0.39 is 0 Å². The van der Waals surface area contributed by atoms with Crippen LogP contribution in [0.3, 0.4) is 0 Å². The summed E-state index contributed by atoms with van der Waals surface area (Å²) in [6.07, 6.45) is 0.958. The van der Waals surface area contributed by atoms with Crippen LogP contribution in [0.2, 0.25) is 0 Å². The van der Waals surface area contributed by atoms with Gasteiger partial charge in [0.2, 0.25) is 11.8 Å². The van der Waals surface area contributed by atoms with E-state index in [4.69, 9.17) is 9.47 Å². The lowest BCUT2D eigenvalue weighted by Gasteiger charge is -2.18. The Morgan fingerprint density at radius 1 is 1.00 bits per heavy atom. The summed E-state index contributed by atoms with van der Waals surface area (Å²) in [5.41, 5.74) is 3.10. The quantitative estimate of drug-likeness (QED) is 0.788. The summed E-state index contributed by atoms with van der Waals surface area (Å²) in [7, 11) is 0. The molecule has 0 saturated carbocycles. The van der Waals surface area contributed by atoms with Gasteiger partial charge in [0.1, 0.15) is 13.2 Å². The molecule has 2 amide bonds. The van der Waals surface area contributed by atoms with Crippen LogP contribution in [0, 0.1) is 0 Å². The zero-order valence-electron chi connectivity index (χ0n) is 16.2. The molecule has 0 atom stereocenters. The molecule has 0 spiro atoms. The maximum Gasteiger partial charge on any atom is 0.224 e. The lowest BCUT2D eigenvalue weighted by Crippen LogP contribution is -2.25. The van der Waals surface area contributed by atoms with Gasteiger partial charge in [-0.15, -0.1) is 0 Å². The van der Waals surface area contributed by atoms with Crippen LogP contribution in [-0.2, 0) is 16.0 Å². The number of nitrogens with zero attached hydrogens (tertiary/aromatic N) is 1. The first-order chi connectivity index (χ1) is 14.0. The Balaban J connectivity index is 1.33. The molecule has 0 radical (unpaired) electrons. The lowest BCUT2D eigenvalue weighted by atomic mass is 10.1. The fourth-order valence-corrected chi connectivity index (χ4v) is 3.62. The maximum atomic E-state index is 12.4. The molecule has 2 aromatic carbocycles. The van der Waals surface area contributed by atoms with Crippen molar-refractivity contribution >= 4 is 29.0 Å². The minimum absolute atomic E-state index is 0.0122. The summed E-state index contributed by atoms with van der Waals surface area (Å²) >= 11 is 0. The number of amides is 2. The van der Waals surface area contributed by atoms with Crippen molar-refractivity contribution in [3.05, 3.63) is 47.5 Å². The largest absolute Gasteiger partial charge is 0.486 e. The first-order valence-corrected chi connectivity index (χ1v) is 9.65. The molecule has 1 N–H and O–H groups in total. The molecule has 0 unspecified atom stereocenters. The van der Waals surface area contributed by atoms with Gasteiger partial charge in [-0.25, -0.2) is 0 Å². The fourth-order valence-electron chi connectivity index (χ4n) is 3.62. The molecule has 0 fully saturated rings. The van der Waals surface area contributed by atoms with Crippen LogP contribution < -0.4 is 19.7 Å². The van der Waals surface area contributed by atoms with Gasteiger partial charge in [-0.2, -0.15) is 0 Å². The molecule has 2 aromatic rings. The number of Topliss-reactive ketones (excluding diaryl/α,β-unsaturated/α-hetero) is 1. The number of carbonyl (C=O) groups is 3. The van der Waals surface area contributed by atoms with Gasteiger partial charge in [0, 0.05) is 43.2 Å². The molecule has 2 aliphatic heterocycles. The van der Waals surface area contributed by atoms with Crippen molar-refractivity contribution in [2.75, 3.05) is 30.0 Å². The van der Waals surface area contributed by atoms with E-state index in [2.05, 4.69) is 5.32 Å². The second kappa shape index (κ2) is 7.95. The predicted molar refractivity (Wildman–Crippen MR) is 108 cm³/mol. The monoisotopic (exact) mass is 394 g/mol. The first kappa shape index (κ1) is 19.0. The van der Waals surface area contributed by atoms with Crippen molar-refractivity contribution in [1.29, 1.82) is 0 Å². The SMILES string of the molecule is CC(=O)N1CCc2cc(NC(=O)CCC(=O)c3ccc4c(c3)OCCO4)ccc21. The molecule has 150 valence electrons. The summed E-state index contributed by atoms with van der Waals surface area (Å²) < 4.78 is 10.9. The van der Waals surface area contributed by atoms with Gasteiger partial charge in [0.05, 0.1) is 0 Å². The minimum Gasteiger partial charge on any atom is -0.486 e. The molecule has 0 aromatic heterocycles. The van der Waals surface area contributed by atoms with Crippen molar-refractivity contribution in [3.63, 3.8) is 0 Å². The molecule has 7 nitrogen and oxygen atoms in total. The van der Waals surface area contributed by atoms with Gasteiger partial charge in [0.15, 0.2) is 17.3 Å². The average molecular weight is 394 g/mol. The Hall–Kier alpha value is -3.35. The smallest absolute Gasteiger partial charge is 0.224 e. The third-order valence-corrected chi connectivity index (χ3v) is 5.08. The number of hydrogen-bond donors (Lipinski definition) is 1. The van der Waals surface area contributed by atoms with E-state index in [-0.39, 0.29) is 30.4 Å². The molecular formula is C22H22N2O5. The summed E-state index contributed by atoms with van der Waals surface area (Å²) in [5.74, 6) is 0.855. The van der Waals surface area contributed by atoms with Crippen molar-refractivity contribution in [2.45, 2.75) is 26.2 Å². The number of anilines is 2. The minimum atomic E-state index is -0.225. The number of ether oxygens (including phenoxy) is 2. The summed E-state index contributed by atoms with van der Waals surface area (Å²) in [4.78, 5) is 38.1. The van der Waals surface area contributed by atoms with E-state index in [1.54, 1.807) is 36.1 Å². The van der Waals surface area contributed by atoms with Crippen LogP contribution in [0.25, 0.3) is 0 Å². The van der Waals surface area contributed by atoms with E-state index >= 15 is 0 Å². The third kappa shape index (κ3) is 4.08. The number of fused-ring (bicyclic) bond motifs is 2. The van der Waals surface area contributed by atoms with Gasteiger partial charge in [-0.1, -0.05) is 0 Å². The number of hydrogen-bond acceptors (Lipinski definition) is 5. The molecule has 0 aliphatic carbocycles. The van der Waals surface area contributed by atoms with Crippen LogP contribution in [0.1, 0.15) is 35.7 Å². The second-order valence-electron chi connectivity index (χ2n) is 7.09. The Bertz CT molecular complexity index is 985. The highest BCUT2D eigenvalue weighted by Gasteiger charge is 2.22. The Kier molecular flexibility index (Phi) is 5.20. The number of benzene rings is 2. The molecule has 7 heteroatoms. The molecule has 2 aliphatic rings. The van der Waals surface area contributed by atoms with Crippen molar-refractivity contribution < 1.29 is 23.9 Å². The van der Waals surface area contributed by atoms with Gasteiger partial charge in [-0.3, -0.25) is 14.4 Å². The fraction of sp³-hybridized carbons (Fsp3) is 0.318. The average Bonchev–Trinajstić information content (AvgIpc) is 3.15. The maximum absolute atomic E-state index is 12.4. The van der Waals surface area contributed by atoms with Gasteiger partial charge in [0.25, 0.3) is 0 Å². The van der Waals surface area contributed by atoms with E-state index in [9.17, 15) is 14.4 Å². The number of carbonyl (C=O) groups excluding carboxylic acids is 3. The molecule has 2 heterocycles. The predicted octanol–water partition coefficient (Wildman–Crippen LogP) is 2.97. The molecule has 4 rings (SSSR count). The molecule has 0 bridgehead atoms. The van der Waals surface area contributed by atoms with Crippen LogP contribution in [0.15, 0.2) is 36.4 Å². The van der Waals surface area contributed by atoms with Gasteiger partial charge >= 0.3 is 0 Å². The molecular weight excluding hydrogens is 372 g/mol. The van der Waals surface area contributed by atoms with Gasteiger partial charge in [-0.05, 0) is 48.4 Å². The standard InChI is InChI=1S/C22H22N2O5/c1-14(25)24-9-8-15-12-17(3-4-18(15)24)23-22(27)7-5-19(26)16-2-6-20-21(13-16)29-11-10-28-20/h2-4,6,12-13H,5,7-11H2,1H3,(H,23,27). The lowest BCUT2D eigenvalue weighted by molar-refractivity contribution is -0.117. The summed E-state index contributed by atoms with van der Waals surface area (Å²) in [6.45, 7) is 3.16. The zero-order valence-corrected chi connectivity index (χ0v) is 16.2. The highest BCUT2D eigenvalue weighted by atomic mass is 16.6. The Labute approximate surface area is 168 Å². The summed E-state index contributed by atoms with van der Waals surface area (Å²) in [6, 6.07) is 10.6. The highest BCUT2D eigenvalue weighted by molar-refractivity contribution is 6.00. The first-order valence-electron chi connectivity index (χ1n) is 9.65. The summed E-state index contributed by atoms with van der Waals surface area (Å²) in [5, 5.41) is 2.83. The number of ketones is 1. The van der Waals surface area contributed by atoms with Crippen LogP contribution >= 0.6 is 0 Å². The Morgan fingerprint density at radius 2 is 1.79 bits per heavy atom. The highest BCUT2D eigenvalue weighted by Crippen LogP contribution is 2.32.